The Morgan fingerprint density at radius 3 is 2.59 bits per heavy atom. The largest absolute Gasteiger partial charge is 0.506 e. The van der Waals surface area contributed by atoms with Crippen molar-refractivity contribution in [1.29, 1.82) is 0 Å². The molecular weight excluding hydrogens is 259 g/mol. The minimum atomic E-state index is -4.38. The number of amides is 1. The second-order valence-corrected chi connectivity index (χ2v) is 3.76. The Balaban J connectivity index is 2.57. The van der Waals surface area contributed by atoms with E-state index in [2.05, 4.69) is 5.32 Å². The fourth-order valence-electron chi connectivity index (χ4n) is 1.08. The van der Waals surface area contributed by atoms with Crippen LogP contribution in [0.4, 0.5) is 18.9 Å². The molecule has 7 heteroatoms. The van der Waals surface area contributed by atoms with E-state index in [1.54, 1.807) is 0 Å². The summed E-state index contributed by atoms with van der Waals surface area (Å²) in [4.78, 5) is 11.1. The smallest absolute Gasteiger partial charge is 0.389 e. The van der Waals surface area contributed by atoms with E-state index in [1.807, 2.05) is 0 Å². The first kappa shape index (κ1) is 13.6. The molecule has 1 rings (SSSR count). The molecule has 0 saturated heterocycles. The Kier molecular flexibility index (Phi) is 4.22. The van der Waals surface area contributed by atoms with Crippen LogP contribution in [0.5, 0.6) is 5.75 Å². The van der Waals surface area contributed by atoms with Crippen molar-refractivity contribution in [2.45, 2.75) is 19.0 Å². The van der Waals surface area contributed by atoms with E-state index in [9.17, 15) is 23.1 Å². The molecule has 0 aliphatic heterocycles. The van der Waals surface area contributed by atoms with E-state index in [4.69, 9.17) is 11.6 Å². The van der Waals surface area contributed by atoms with Gasteiger partial charge < -0.3 is 10.4 Å². The van der Waals surface area contributed by atoms with Gasteiger partial charge in [0.05, 0.1) is 12.1 Å². The van der Waals surface area contributed by atoms with Crippen LogP contribution in [0, 0.1) is 0 Å². The highest BCUT2D eigenvalue weighted by Crippen LogP contribution is 2.27. The number of phenolic OH excluding ortho intramolecular Hbond substituents is 1. The second-order valence-electron chi connectivity index (χ2n) is 3.32. The molecule has 94 valence electrons. The summed E-state index contributed by atoms with van der Waals surface area (Å²) < 4.78 is 35.5. The van der Waals surface area contributed by atoms with Crippen LogP contribution in [0.25, 0.3) is 0 Å². The number of hydrogen-bond donors (Lipinski definition) is 2. The number of carbonyl (C=O) groups is 1. The predicted octanol–water partition coefficient (Wildman–Crippen LogP) is 3.33. The van der Waals surface area contributed by atoms with E-state index in [0.29, 0.717) is 0 Å². The summed E-state index contributed by atoms with van der Waals surface area (Å²) in [6.07, 6.45) is -6.27. The quantitative estimate of drug-likeness (QED) is 0.826. The number of nitrogens with one attached hydrogen (secondary N) is 1. The molecule has 0 radical (unpaired) electrons. The van der Waals surface area contributed by atoms with Gasteiger partial charge in [0, 0.05) is 17.5 Å². The van der Waals surface area contributed by atoms with Gasteiger partial charge in [0.15, 0.2) is 0 Å². The molecule has 0 heterocycles. The number of rotatable bonds is 3. The first-order valence-electron chi connectivity index (χ1n) is 4.63. The number of carbonyl (C=O) groups excluding carboxylic acids is 1. The highest BCUT2D eigenvalue weighted by molar-refractivity contribution is 6.30. The summed E-state index contributed by atoms with van der Waals surface area (Å²) in [5.41, 5.74) is 0.0292. The maximum Gasteiger partial charge on any atom is 0.389 e. The van der Waals surface area contributed by atoms with Gasteiger partial charge in [-0.1, -0.05) is 11.6 Å². The Bertz CT molecular complexity index is 421. The number of aromatic hydroxyl groups is 1. The van der Waals surface area contributed by atoms with Gasteiger partial charge in [-0.05, 0) is 12.1 Å². The third-order valence-corrected chi connectivity index (χ3v) is 2.10. The zero-order chi connectivity index (χ0) is 13.1. The van der Waals surface area contributed by atoms with Gasteiger partial charge in [0.25, 0.3) is 0 Å². The van der Waals surface area contributed by atoms with E-state index in [-0.39, 0.29) is 16.5 Å². The average Bonchev–Trinajstić information content (AvgIpc) is 2.18. The average molecular weight is 268 g/mol. The van der Waals surface area contributed by atoms with Gasteiger partial charge in [-0.3, -0.25) is 4.79 Å². The molecule has 1 aromatic rings. The molecule has 0 aliphatic carbocycles. The molecule has 1 aromatic carbocycles. The highest BCUT2D eigenvalue weighted by atomic mass is 35.5. The van der Waals surface area contributed by atoms with E-state index in [1.165, 1.54) is 18.2 Å². The van der Waals surface area contributed by atoms with Crippen molar-refractivity contribution in [3.8, 4) is 5.75 Å². The number of phenols is 1. The Labute approximate surface area is 100 Å². The van der Waals surface area contributed by atoms with Crippen LogP contribution in [0.2, 0.25) is 5.02 Å². The van der Waals surface area contributed by atoms with E-state index >= 15 is 0 Å². The SMILES string of the molecule is O=C(CCC(F)(F)F)Nc1ccc(Cl)cc1O. The summed E-state index contributed by atoms with van der Waals surface area (Å²) >= 11 is 5.55. The van der Waals surface area contributed by atoms with E-state index < -0.39 is 24.9 Å². The molecule has 0 aliphatic rings. The number of anilines is 1. The van der Waals surface area contributed by atoms with Crippen LogP contribution in [0.1, 0.15) is 12.8 Å². The molecule has 1 amide bonds. The van der Waals surface area contributed by atoms with Gasteiger partial charge in [-0.15, -0.1) is 0 Å². The summed E-state index contributed by atoms with van der Waals surface area (Å²) in [6.45, 7) is 0. The number of hydrogen-bond acceptors (Lipinski definition) is 2. The monoisotopic (exact) mass is 267 g/mol. The van der Waals surface area contributed by atoms with Gasteiger partial charge in [0.2, 0.25) is 5.91 Å². The van der Waals surface area contributed by atoms with Crippen molar-refractivity contribution in [3.05, 3.63) is 23.2 Å². The van der Waals surface area contributed by atoms with Crippen LogP contribution in [0.15, 0.2) is 18.2 Å². The summed E-state index contributed by atoms with van der Waals surface area (Å²) in [7, 11) is 0. The molecule has 17 heavy (non-hydrogen) atoms. The molecule has 0 fully saturated rings. The first-order valence-corrected chi connectivity index (χ1v) is 5.01. The van der Waals surface area contributed by atoms with Crippen LogP contribution in [0.3, 0.4) is 0 Å². The van der Waals surface area contributed by atoms with Crippen molar-refractivity contribution < 1.29 is 23.1 Å². The molecule has 3 nitrogen and oxygen atoms in total. The summed E-state index contributed by atoms with van der Waals surface area (Å²) in [5.74, 6) is -1.11. The Morgan fingerprint density at radius 2 is 2.06 bits per heavy atom. The third-order valence-electron chi connectivity index (χ3n) is 1.87. The molecular formula is C10H9ClF3NO2. The van der Waals surface area contributed by atoms with Crippen molar-refractivity contribution >= 4 is 23.2 Å². The number of alkyl halides is 3. The van der Waals surface area contributed by atoms with Gasteiger partial charge in [0.1, 0.15) is 5.75 Å². The minimum Gasteiger partial charge on any atom is -0.506 e. The number of benzene rings is 1. The minimum absolute atomic E-state index is 0.0292. The topological polar surface area (TPSA) is 49.3 Å². The van der Waals surface area contributed by atoms with Crippen molar-refractivity contribution in [1.82, 2.24) is 0 Å². The summed E-state index contributed by atoms with van der Waals surface area (Å²) in [5, 5.41) is 11.8. The maximum absolute atomic E-state index is 11.8. The normalized spacial score (nSPS) is 11.3. The fourth-order valence-corrected chi connectivity index (χ4v) is 1.24. The lowest BCUT2D eigenvalue weighted by molar-refractivity contribution is -0.142. The lowest BCUT2D eigenvalue weighted by atomic mass is 10.2. The lowest BCUT2D eigenvalue weighted by Gasteiger charge is -2.08. The predicted molar refractivity (Wildman–Crippen MR) is 57.0 cm³/mol. The summed E-state index contributed by atoms with van der Waals surface area (Å²) in [6, 6.07) is 3.89. The zero-order valence-electron chi connectivity index (χ0n) is 8.51. The number of halogens is 4. The van der Waals surface area contributed by atoms with E-state index in [0.717, 1.165) is 0 Å². The maximum atomic E-state index is 11.8. The van der Waals surface area contributed by atoms with Crippen LogP contribution in [-0.4, -0.2) is 17.2 Å². The zero-order valence-corrected chi connectivity index (χ0v) is 9.27. The van der Waals surface area contributed by atoms with Crippen LogP contribution in [-0.2, 0) is 4.79 Å². The van der Waals surface area contributed by atoms with Crippen LogP contribution < -0.4 is 5.32 Å². The van der Waals surface area contributed by atoms with Gasteiger partial charge in [-0.2, -0.15) is 13.2 Å². The van der Waals surface area contributed by atoms with Crippen molar-refractivity contribution in [3.63, 3.8) is 0 Å². The molecule has 0 unspecified atom stereocenters. The third kappa shape index (κ3) is 4.95. The Morgan fingerprint density at radius 1 is 1.41 bits per heavy atom. The fraction of sp³-hybridized carbons (Fsp3) is 0.300. The van der Waals surface area contributed by atoms with Gasteiger partial charge in [-0.25, -0.2) is 0 Å². The first-order chi connectivity index (χ1) is 7.78. The second kappa shape index (κ2) is 5.27. The molecule has 0 atom stereocenters. The van der Waals surface area contributed by atoms with Crippen LogP contribution >= 0.6 is 11.6 Å². The molecule has 2 N–H and O–H groups in total. The molecule has 0 aromatic heterocycles. The lowest BCUT2D eigenvalue weighted by Crippen LogP contribution is -2.16. The van der Waals surface area contributed by atoms with Crippen molar-refractivity contribution in [2.75, 3.05) is 5.32 Å². The standard InChI is InChI=1S/C10H9ClF3NO2/c11-6-1-2-7(8(16)5-6)15-9(17)3-4-10(12,13)14/h1-2,5,16H,3-4H2,(H,15,17). The van der Waals surface area contributed by atoms with Gasteiger partial charge >= 0.3 is 6.18 Å². The molecule has 0 saturated carbocycles. The molecule has 0 bridgehead atoms. The molecule has 0 spiro atoms. The highest BCUT2D eigenvalue weighted by Gasteiger charge is 2.27. The Hall–Kier alpha value is -1.43. The van der Waals surface area contributed by atoms with Crippen molar-refractivity contribution in [2.24, 2.45) is 0 Å².